The van der Waals surface area contributed by atoms with Crippen LogP contribution in [-0.2, 0) is 10.0 Å². The summed E-state index contributed by atoms with van der Waals surface area (Å²) in [4.78, 5) is 0.237. The SMILES string of the molecule is NC(N)=NN=Cc1ccc2c(ccn2S(=O)(=O)c2ccccc2)c1. The van der Waals surface area contributed by atoms with Gasteiger partial charge in [0.05, 0.1) is 16.6 Å². The lowest BCUT2D eigenvalue weighted by atomic mass is 10.2. The van der Waals surface area contributed by atoms with Crippen LogP contribution in [0.4, 0.5) is 0 Å². The molecule has 8 heteroatoms. The molecule has 2 aromatic carbocycles. The van der Waals surface area contributed by atoms with Gasteiger partial charge in [0.1, 0.15) is 0 Å². The van der Waals surface area contributed by atoms with Crippen molar-refractivity contribution in [3.8, 4) is 0 Å². The summed E-state index contributed by atoms with van der Waals surface area (Å²) < 4.78 is 26.7. The molecular weight excluding hydrogens is 326 g/mol. The fraction of sp³-hybridized carbons (Fsp3) is 0. The average Bonchev–Trinajstić information content (AvgIpc) is 2.99. The van der Waals surface area contributed by atoms with E-state index in [1.165, 1.54) is 16.4 Å². The van der Waals surface area contributed by atoms with Crippen LogP contribution in [0.5, 0.6) is 0 Å². The summed E-state index contributed by atoms with van der Waals surface area (Å²) in [6, 6.07) is 15.3. The van der Waals surface area contributed by atoms with Gasteiger partial charge < -0.3 is 11.5 Å². The number of hydrogen-bond acceptors (Lipinski definition) is 4. The number of nitrogens with zero attached hydrogens (tertiary/aromatic N) is 3. The Morgan fingerprint density at radius 3 is 2.50 bits per heavy atom. The molecule has 0 aliphatic heterocycles. The lowest BCUT2D eigenvalue weighted by molar-refractivity contribution is 0.589. The first-order valence-corrected chi connectivity index (χ1v) is 8.46. The van der Waals surface area contributed by atoms with Gasteiger partial charge in [-0.25, -0.2) is 12.4 Å². The molecule has 0 fully saturated rings. The van der Waals surface area contributed by atoms with E-state index in [0.29, 0.717) is 5.52 Å². The Hall–Kier alpha value is -3.13. The molecule has 3 rings (SSSR count). The molecule has 1 aromatic heterocycles. The van der Waals surface area contributed by atoms with Gasteiger partial charge in [-0.2, -0.15) is 5.10 Å². The van der Waals surface area contributed by atoms with Crippen molar-refractivity contribution < 1.29 is 8.42 Å². The summed E-state index contributed by atoms with van der Waals surface area (Å²) >= 11 is 0. The number of nitrogens with two attached hydrogens (primary N) is 2. The summed E-state index contributed by atoms with van der Waals surface area (Å²) in [5.41, 5.74) is 11.7. The van der Waals surface area contributed by atoms with Crippen molar-refractivity contribution in [1.82, 2.24) is 3.97 Å². The summed E-state index contributed by atoms with van der Waals surface area (Å²) in [6.07, 6.45) is 3.02. The van der Waals surface area contributed by atoms with Gasteiger partial charge in [-0.3, -0.25) is 0 Å². The molecule has 0 aliphatic rings. The van der Waals surface area contributed by atoms with E-state index in [1.807, 2.05) is 0 Å². The second-order valence-corrected chi connectivity index (χ2v) is 6.83. The zero-order chi connectivity index (χ0) is 17.2. The van der Waals surface area contributed by atoms with Crippen molar-refractivity contribution in [3.63, 3.8) is 0 Å². The molecule has 0 saturated heterocycles. The van der Waals surface area contributed by atoms with E-state index in [4.69, 9.17) is 11.5 Å². The van der Waals surface area contributed by atoms with Gasteiger partial charge in [0.25, 0.3) is 10.0 Å². The molecule has 0 saturated carbocycles. The van der Waals surface area contributed by atoms with Gasteiger partial charge in [-0.1, -0.05) is 24.3 Å². The predicted molar refractivity (Wildman–Crippen MR) is 94.4 cm³/mol. The number of benzene rings is 2. The highest BCUT2D eigenvalue weighted by atomic mass is 32.2. The van der Waals surface area contributed by atoms with Gasteiger partial charge in [0, 0.05) is 11.6 Å². The molecule has 0 amide bonds. The van der Waals surface area contributed by atoms with E-state index >= 15 is 0 Å². The van der Waals surface area contributed by atoms with Gasteiger partial charge in [-0.05, 0) is 35.9 Å². The van der Waals surface area contributed by atoms with Crippen molar-refractivity contribution in [2.45, 2.75) is 4.90 Å². The van der Waals surface area contributed by atoms with Crippen LogP contribution in [0.15, 0.2) is 75.9 Å². The fourth-order valence-corrected chi connectivity index (χ4v) is 3.67. The average molecular weight is 341 g/mol. The van der Waals surface area contributed by atoms with Crippen molar-refractivity contribution >= 4 is 33.1 Å². The molecule has 24 heavy (non-hydrogen) atoms. The van der Waals surface area contributed by atoms with Crippen LogP contribution in [0, 0.1) is 0 Å². The van der Waals surface area contributed by atoms with Gasteiger partial charge in [0.15, 0.2) is 0 Å². The van der Waals surface area contributed by atoms with Crippen LogP contribution >= 0.6 is 0 Å². The quantitative estimate of drug-likeness (QED) is 0.425. The highest BCUT2D eigenvalue weighted by Gasteiger charge is 2.18. The van der Waals surface area contributed by atoms with Crippen molar-refractivity contribution in [1.29, 1.82) is 0 Å². The van der Waals surface area contributed by atoms with E-state index in [0.717, 1.165) is 10.9 Å². The van der Waals surface area contributed by atoms with E-state index in [-0.39, 0.29) is 10.9 Å². The molecule has 0 unspecified atom stereocenters. The minimum atomic E-state index is -3.64. The molecule has 3 aromatic rings. The maximum atomic E-state index is 12.7. The molecule has 122 valence electrons. The van der Waals surface area contributed by atoms with E-state index in [1.54, 1.807) is 54.6 Å². The smallest absolute Gasteiger partial charge is 0.268 e. The Kier molecular flexibility index (Phi) is 4.05. The standard InChI is InChI=1S/C16H15N5O2S/c17-16(18)20-19-11-12-6-7-15-13(10-12)8-9-21(15)24(22,23)14-4-2-1-3-5-14/h1-11H,(H4,17,18,20). The Balaban J connectivity index is 2.03. The van der Waals surface area contributed by atoms with Crippen molar-refractivity contribution in [2.75, 3.05) is 0 Å². The van der Waals surface area contributed by atoms with Gasteiger partial charge >= 0.3 is 0 Å². The maximum Gasteiger partial charge on any atom is 0.268 e. The Bertz CT molecular complexity index is 1030. The third-order valence-electron chi connectivity index (χ3n) is 3.36. The molecule has 4 N–H and O–H groups in total. The van der Waals surface area contributed by atoms with Gasteiger partial charge in [-0.15, -0.1) is 5.10 Å². The van der Waals surface area contributed by atoms with Crippen LogP contribution in [0.3, 0.4) is 0 Å². The summed E-state index contributed by atoms with van der Waals surface area (Å²) in [6.45, 7) is 0. The zero-order valence-electron chi connectivity index (χ0n) is 12.6. The first-order chi connectivity index (χ1) is 11.5. The van der Waals surface area contributed by atoms with E-state index in [2.05, 4.69) is 10.2 Å². The first kappa shape index (κ1) is 15.8. The molecular formula is C16H15N5O2S. The van der Waals surface area contributed by atoms with Crippen molar-refractivity contribution in [3.05, 3.63) is 66.4 Å². The van der Waals surface area contributed by atoms with Crippen LogP contribution in [0.1, 0.15) is 5.56 Å². The summed E-state index contributed by atoms with van der Waals surface area (Å²) in [5.74, 6) is -0.132. The number of aromatic nitrogens is 1. The predicted octanol–water partition coefficient (Wildman–Crippen LogP) is 1.49. The lowest BCUT2D eigenvalue weighted by Crippen LogP contribution is -2.21. The maximum absolute atomic E-state index is 12.7. The second-order valence-electron chi connectivity index (χ2n) is 5.02. The molecule has 0 radical (unpaired) electrons. The van der Waals surface area contributed by atoms with E-state index in [9.17, 15) is 8.42 Å². The molecule has 0 atom stereocenters. The molecule has 0 bridgehead atoms. The summed E-state index contributed by atoms with van der Waals surface area (Å²) in [7, 11) is -3.64. The van der Waals surface area contributed by atoms with Crippen LogP contribution in [-0.4, -0.2) is 24.6 Å². The number of rotatable bonds is 4. The minimum absolute atomic E-state index is 0.132. The highest BCUT2D eigenvalue weighted by Crippen LogP contribution is 2.22. The number of guanidine groups is 1. The molecule has 0 aliphatic carbocycles. The molecule has 7 nitrogen and oxygen atoms in total. The topological polar surface area (TPSA) is 116 Å². The third kappa shape index (κ3) is 2.99. The molecule has 0 spiro atoms. The summed E-state index contributed by atoms with van der Waals surface area (Å²) in [5, 5.41) is 8.03. The highest BCUT2D eigenvalue weighted by molar-refractivity contribution is 7.90. The normalized spacial score (nSPS) is 11.8. The van der Waals surface area contributed by atoms with Crippen LogP contribution < -0.4 is 11.5 Å². The zero-order valence-corrected chi connectivity index (χ0v) is 13.4. The van der Waals surface area contributed by atoms with E-state index < -0.39 is 10.0 Å². The second kappa shape index (κ2) is 6.17. The largest absolute Gasteiger partial charge is 0.369 e. The third-order valence-corrected chi connectivity index (χ3v) is 5.06. The Labute approximate surface area is 139 Å². The van der Waals surface area contributed by atoms with Crippen molar-refractivity contribution in [2.24, 2.45) is 21.7 Å². The van der Waals surface area contributed by atoms with Crippen LogP contribution in [0.25, 0.3) is 10.9 Å². The number of hydrogen-bond donors (Lipinski definition) is 2. The monoisotopic (exact) mass is 341 g/mol. The molecule has 1 heterocycles. The first-order valence-electron chi connectivity index (χ1n) is 7.02. The Morgan fingerprint density at radius 1 is 1.04 bits per heavy atom. The number of fused-ring (bicyclic) bond motifs is 1. The Morgan fingerprint density at radius 2 is 1.79 bits per heavy atom. The van der Waals surface area contributed by atoms with Crippen LogP contribution in [0.2, 0.25) is 0 Å². The van der Waals surface area contributed by atoms with Gasteiger partial charge in [0.2, 0.25) is 5.96 Å². The fourth-order valence-electron chi connectivity index (χ4n) is 2.29. The minimum Gasteiger partial charge on any atom is -0.369 e. The lowest BCUT2D eigenvalue weighted by Gasteiger charge is -2.07.